The lowest BCUT2D eigenvalue weighted by atomic mass is 9.96. The van der Waals surface area contributed by atoms with E-state index in [0.29, 0.717) is 6.54 Å². The zero-order valence-electron chi connectivity index (χ0n) is 12.1. The fourth-order valence-electron chi connectivity index (χ4n) is 1.86. The summed E-state index contributed by atoms with van der Waals surface area (Å²) in [5.74, 6) is -1.48. The zero-order chi connectivity index (χ0) is 15.1. The van der Waals surface area contributed by atoms with Crippen LogP contribution in [-0.4, -0.2) is 23.7 Å². The zero-order valence-corrected chi connectivity index (χ0v) is 12.1. The number of carboxylic acids is 1. The molecule has 0 saturated heterocycles. The van der Waals surface area contributed by atoms with Gasteiger partial charge in [0.15, 0.2) is 0 Å². The van der Waals surface area contributed by atoms with E-state index < -0.39 is 11.9 Å². The maximum absolute atomic E-state index is 11.7. The summed E-state index contributed by atoms with van der Waals surface area (Å²) in [6, 6.07) is 7.44. The van der Waals surface area contributed by atoms with Crippen molar-refractivity contribution in [3.63, 3.8) is 0 Å². The molecule has 0 radical (unpaired) electrons. The van der Waals surface area contributed by atoms with Crippen molar-refractivity contribution in [1.82, 2.24) is 10.6 Å². The van der Waals surface area contributed by atoms with Gasteiger partial charge in [-0.1, -0.05) is 38.1 Å². The largest absolute Gasteiger partial charge is 0.481 e. The fraction of sp³-hybridized carbons (Fsp3) is 0.467. The van der Waals surface area contributed by atoms with Crippen LogP contribution in [0.25, 0.3) is 0 Å². The SMILES string of the molecule is Cc1ccccc1CNC(=O)NCC(C(=O)O)C(C)C. The maximum atomic E-state index is 11.7. The lowest BCUT2D eigenvalue weighted by Crippen LogP contribution is -2.41. The van der Waals surface area contributed by atoms with Crippen LogP contribution in [-0.2, 0) is 11.3 Å². The molecule has 0 heterocycles. The molecule has 0 aliphatic carbocycles. The molecule has 1 atom stereocenters. The standard InChI is InChI=1S/C15H22N2O3/c1-10(2)13(14(18)19)9-17-15(20)16-8-12-7-5-4-6-11(12)3/h4-7,10,13H,8-9H2,1-3H3,(H,18,19)(H2,16,17,20). The van der Waals surface area contributed by atoms with Crippen molar-refractivity contribution in [2.75, 3.05) is 6.54 Å². The van der Waals surface area contributed by atoms with Gasteiger partial charge in [-0.3, -0.25) is 4.79 Å². The molecule has 5 heteroatoms. The number of hydrogen-bond acceptors (Lipinski definition) is 2. The molecule has 0 fully saturated rings. The highest BCUT2D eigenvalue weighted by Gasteiger charge is 2.21. The predicted molar refractivity (Wildman–Crippen MR) is 77.4 cm³/mol. The molecule has 0 aliphatic rings. The molecule has 3 N–H and O–H groups in total. The van der Waals surface area contributed by atoms with Gasteiger partial charge in [-0.05, 0) is 24.0 Å². The van der Waals surface area contributed by atoms with E-state index in [4.69, 9.17) is 5.11 Å². The van der Waals surface area contributed by atoms with E-state index in [-0.39, 0.29) is 18.5 Å². The Morgan fingerprint density at radius 1 is 1.20 bits per heavy atom. The second-order valence-electron chi connectivity index (χ2n) is 5.18. The van der Waals surface area contributed by atoms with E-state index in [0.717, 1.165) is 11.1 Å². The van der Waals surface area contributed by atoms with Gasteiger partial charge in [-0.15, -0.1) is 0 Å². The third kappa shape index (κ3) is 4.91. The lowest BCUT2D eigenvalue weighted by Gasteiger charge is -2.17. The van der Waals surface area contributed by atoms with Crippen LogP contribution < -0.4 is 10.6 Å². The summed E-state index contributed by atoms with van der Waals surface area (Å²) in [6.07, 6.45) is 0. The molecule has 110 valence electrons. The van der Waals surface area contributed by atoms with Crippen molar-refractivity contribution in [3.8, 4) is 0 Å². The number of carbonyl (C=O) groups is 2. The number of carboxylic acid groups (broad SMARTS) is 1. The van der Waals surface area contributed by atoms with Crippen LogP contribution in [0.3, 0.4) is 0 Å². The van der Waals surface area contributed by atoms with Gasteiger partial charge in [0.2, 0.25) is 0 Å². The van der Waals surface area contributed by atoms with Crippen molar-refractivity contribution < 1.29 is 14.7 Å². The predicted octanol–water partition coefficient (Wildman–Crippen LogP) is 2.15. The quantitative estimate of drug-likeness (QED) is 0.746. The molecule has 0 aromatic heterocycles. The molecule has 1 rings (SSSR count). The summed E-state index contributed by atoms with van der Waals surface area (Å²) in [4.78, 5) is 22.7. The molecular weight excluding hydrogens is 256 g/mol. The Labute approximate surface area is 119 Å². The van der Waals surface area contributed by atoms with Crippen molar-refractivity contribution in [1.29, 1.82) is 0 Å². The number of nitrogens with one attached hydrogen (secondary N) is 2. The number of urea groups is 1. The molecule has 0 spiro atoms. The van der Waals surface area contributed by atoms with Crippen LogP contribution in [0.1, 0.15) is 25.0 Å². The first-order chi connectivity index (χ1) is 9.41. The molecule has 0 aliphatic heterocycles. The average Bonchev–Trinajstić information content (AvgIpc) is 2.37. The van der Waals surface area contributed by atoms with Gasteiger partial charge < -0.3 is 15.7 Å². The van der Waals surface area contributed by atoms with Crippen LogP contribution in [0.2, 0.25) is 0 Å². The highest BCUT2D eigenvalue weighted by Crippen LogP contribution is 2.09. The van der Waals surface area contributed by atoms with Gasteiger partial charge >= 0.3 is 12.0 Å². The summed E-state index contributed by atoms with van der Waals surface area (Å²) in [7, 11) is 0. The van der Waals surface area contributed by atoms with E-state index in [1.54, 1.807) is 0 Å². The maximum Gasteiger partial charge on any atom is 0.315 e. The van der Waals surface area contributed by atoms with Crippen LogP contribution in [0.5, 0.6) is 0 Å². The molecule has 1 aromatic carbocycles. The molecule has 0 bridgehead atoms. The van der Waals surface area contributed by atoms with Crippen LogP contribution in [0, 0.1) is 18.8 Å². The Morgan fingerprint density at radius 3 is 2.40 bits per heavy atom. The van der Waals surface area contributed by atoms with Gasteiger partial charge in [-0.25, -0.2) is 4.79 Å². The number of aliphatic carboxylic acids is 1. The summed E-state index contributed by atoms with van der Waals surface area (Å²) < 4.78 is 0. The van der Waals surface area contributed by atoms with Gasteiger partial charge in [0.1, 0.15) is 0 Å². The summed E-state index contributed by atoms with van der Waals surface area (Å²) in [6.45, 7) is 6.19. The minimum absolute atomic E-state index is 0.0239. The van der Waals surface area contributed by atoms with Crippen LogP contribution in [0.4, 0.5) is 4.79 Å². The lowest BCUT2D eigenvalue weighted by molar-refractivity contribution is -0.142. The van der Waals surface area contributed by atoms with E-state index >= 15 is 0 Å². The Bertz CT molecular complexity index is 472. The monoisotopic (exact) mass is 278 g/mol. The topological polar surface area (TPSA) is 78.4 Å². The first-order valence-corrected chi connectivity index (χ1v) is 6.70. The number of rotatable bonds is 6. The summed E-state index contributed by atoms with van der Waals surface area (Å²) >= 11 is 0. The minimum Gasteiger partial charge on any atom is -0.481 e. The minimum atomic E-state index is -0.890. The van der Waals surface area contributed by atoms with Gasteiger partial charge in [-0.2, -0.15) is 0 Å². The molecule has 5 nitrogen and oxygen atoms in total. The first-order valence-electron chi connectivity index (χ1n) is 6.70. The highest BCUT2D eigenvalue weighted by atomic mass is 16.4. The van der Waals surface area contributed by atoms with Crippen molar-refractivity contribution >= 4 is 12.0 Å². The van der Waals surface area contributed by atoms with Crippen molar-refractivity contribution in [3.05, 3.63) is 35.4 Å². The molecule has 1 unspecified atom stereocenters. The van der Waals surface area contributed by atoms with Crippen LogP contribution in [0.15, 0.2) is 24.3 Å². The number of aryl methyl sites for hydroxylation is 1. The van der Waals surface area contributed by atoms with E-state index in [1.165, 1.54) is 0 Å². The molecule has 0 saturated carbocycles. The van der Waals surface area contributed by atoms with E-state index in [1.807, 2.05) is 45.0 Å². The second kappa shape index (κ2) is 7.53. The van der Waals surface area contributed by atoms with E-state index in [2.05, 4.69) is 10.6 Å². The van der Waals surface area contributed by atoms with Crippen LogP contribution >= 0.6 is 0 Å². The fourth-order valence-corrected chi connectivity index (χ4v) is 1.86. The van der Waals surface area contributed by atoms with Crippen molar-refractivity contribution in [2.45, 2.75) is 27.3 Å². The third-order valence-electron chi connectivity index (χ3n) is 3.31. The normalized spacial score (nSPS) is 12.0. The van der Waals surface area contributed by atoms with Crippen molar-refractivity contribution in [2.24, 2.45) is 11.8 Å². The average molecular weight is 278 g/mol. The van der Waals surface area contributed by atoms with Gasteiger partial charge in [0.25, 0.3) is 0 Å². The van der Waals surface area contributed by atoms with E-state index in [9.17, 15) is 9.59 Å². The van der Waals surface area contributed by atoms with Gasteiger partial charge in [0.05, 0.1) is 5.92 Å². The Balaban J connectivity index is 2.41. The Kier molecular flexibility index (Phi) is 6.03. The molecular formula is C15H22N2O3. The molecule has 20 heavy (non-hydrogen) atoms. The Hall–Kier alpha value is -2.04. The third-order valence-corrected chi connectivity index (χ3v) is 3.31. The summed E-state index contributed by atoms with van der Waals surface area (Å²) in [5, 5.41) is 14.4. The number of carbonyl (C=O) groups excluding carboxylic acids is 1. The molecule has 2 amide bonds. The number of hydrogen-bond donors (Lipinski definition) is 3. The smallest absolute Gasteiger partial charge is 0.315 e. The number of benzene rings is 1. The summed E-state index contributed by atoms with van der Waals surface area (Å²) in [5.41, 5.74) is 2.15. The second-order valence-corrected chi connectivity index (χ2v) is 5.18. The first kappa shape index (κ1) is 16.0. The Morgan fingerprint density at radius 2 is 1.85 bits per heavy atom. The number of amides is 2. The molecule has 1 aromatic rings. The van der Waals surface area contributed by atoms with Gasteiger partial charge in [0, 0.05) is 13.1 Å². The highest BCUT2D eigenvalue weighted by molar-refractivity contribution is 5.76.